The van der Waals surface area contributed by atoms with Crippen molar-refractivity contribution in [3.8, 4) is 5.75 Å². The number of benzene rings is 1. The summed E-state index contributed by atoms with van der Waals surface area (Å²) in [5.41, 5.74) is 0.663. The van der Waals surface area contributed by atoms with E-state index in [4.69, 9.17) is 9.47 Å². The van der Waals surface area contributed by atoms with Crippen LogP contribution in [0.5, 0.6) is 5.75 Å². The number of ether oxygens (including phenoxy) is 2. The lowest BCUT2D eigenvalue weighted by molar-refractivity contribution is -0.0166. The SMILES string of the molecule is C[C@H](O)c1ccccc1OCCOC(C)(C)C. The molecule has 1 aromatic rings. The standard InChI is InChI=1S/C14H22O3/c1-11(15)12-7-5-6-8-13(12)16-9-10-17-14(2,3)4/h5-8,11,15H,9-10H2,1-4H3/t11-/m0/s1. The molecule has 0 heterocycles. The third-order valence-electron chi connectivity index (χ3n) is 2.25. The second kappa shape index (κ2) is 6.03. The van der Waals surface area contributed by atoms with Gasteiger partial charge >= 0.3 is 0 Å². The molecule has 17 heavy (non-hydrogen) atoms. The molecule has 0 unspecified atom stereocenters. The molecule has 0 saturated carbocycles. The molecule has 96 valence electrons. The maximum Gasteiger partial charge on any atom is 0.125 e. The van der Waals surface area contributed by atoms with Crippen LogP contribution in [0.2, 0.25) is 0 Å². The van der Waals surface area contributed by atoms with Crippen molar-refractivity contribution in [2.75, 3.05) is 13.2 Å². The fourth-order valence-corrected chi connectivity index (χ4v) is 1.46. The van der Waals surface area contributed by atoms with Crippen molar-refractivity contribution < 1.29 is 14.6 Å². The molecule has 0 aliphatic carbocycles. The summed E-state index contributed by atoms with van der Waals surface area (Å²) in [4.78, 5) is 0. The van der Waals surface area contributed by atoms with E-state index >= 15 is 0 Å². The molecular formula is C14H22O3. The summed E-state index contributed by atoms with van der Waals surface area (Å²) in [6.45, 7) is 8.79. The molecule has 1 N–H and O–H groups in total. The quantitative estimate of drug-likeness (QED) is 0.802. The van der Waals surface area contributed by atoms with Crippen LogP contribution in [0.3, 0.4) is 0 Å². The number of hydrogen-bond acceptors (Lipinski definition) is 3. The maximum absolute atomic E-state index is 9.58. The predicted molar refractivity (Wildman–Crippen MR) is 68.3 cm³/mol. The minimum Gasteiger partial charge on any atom is -0.491 e. The largest absolute Gasteiger partial charge is 0.491 e. The first-order valence-corrected chi connectivity index (χ1v) is 5.94. The van der Waals surface area contributed by atoms with Crippen LogP contribution >= 0.6 is 0 Å². The Bertz CT molecular complexity index is 340. The van der Waals surface area contributed by atoms with Gasteiger partial charge in [-0.3, -0.25) is 0 Å². The second-order valence-corrected chi connectivity index (χ2v) is 5.02. The lowest BCUT2D eigenvalue weighted by Gasteiger charge is -2.20. The van der Waals surface area contributed by atoms with E-state index in [1.807, 2.05) is 45.0 Å². The van der Waals surface area contributed by atoms with Crippen molar-refractivity contribution in [1.29, 1.82) is 0 Å². The van der Waals surface area contributed by atoms with Crippen LogP contribution in [0.4, 0.5) is 0 Å². The minimum atomic E-state index is -0.519. The van der Waals surface area contributed by atoms with Gasteiger partial charge in [-0.1, -0.05) is 18.2 Å². The lowest BCUT2D eigenvalue weighted by atomic mass is 10.1. The van der Waals surface area contributed by atoms with Gasteiger partial charge in [0.25, 0.3) is 0 Å². The molecule has 0 fully saturated rings. The molecule has 0 bridgehead atoms. The Morgan fingerprint density at radius 2 is 1.82 bits per heavy atom. The van der Waals surface area contributed by atoms with Crippen LogP contribution < -0.4 is 4.74 Å². The van der Waals surface area contributed by atoms with Crippen LogP contribution in [0, 0.1) is 0 Å². The Labute approximate surface area is 103 Å². The number of aliphatic hydroxyl groups excluding tert-OH is 1. The maximum atomic E-state index is 9.58. The molecule has 0 aromatic heterocycles. The molecule has 3 heteroatoms. The van der Waals surface area contributed by atoms with Gasteiger partial charge in [-0.2, -0.15) is 0 Å². The molecule has 1 atom stereocenters. The van der Waals surface area contributed by atoms with Crippen LogP contribution in [0.25, 0.3) is 0 Å². The van der Waals surface area contributed by atoms with Gasteiger partial charge in [0.05, 0.1) is 18.3 Å². The molecule has 0 saturated heterocycles. The highest BCUT2D eigenvalue weighted by atomic mass is 16.5. The molecule has 1 rings (SSSR count). The zero-order valence-corrected chi connectivity index (χ0v) is 11.1. The fraction of sp³-hybridized carbons (Fsp3) is 0.571. The van der Waals surface area contributed by atoms with E-state index in [2.05, 4.69) is 0 Å². The molecular weight excluding hydrogens is 216 g/mol. The van der Waals surface area contributed by atoms with Crippen LogP contribution in [0.1, 0.15) is 39.4 Å². The lowest BCUT2D eigenvalue weighted by Crippen LogP contribution is -2.22. The fourth-order valence-electron chi connectivity index (χ4n) is 1.46. The summed E-state index contributed by atoms with van der Waals surface area (Å²) in [6, 6.07) is 7.51. The molecule has 0 amide bonds. The molecule has 0 spiro atoms. The highest BCUT2D eigenvalue weighted by Crippen LogP contribution is 2.24. The van der Waals surface area contributed by atoms with Gasteiger partial charge in [-0.05, 0) is 33.8 Å². The Hall–Kier alpha value is -1.06. The Morgan fingerprint density at radius 3 is 2.41 bits per heavy atom. The Kier molecular flexibility index (Phi) is 4.97. The molecule has 3 nitrogen and oxygen atoms in total. The number of hydrogen-bond donors (Lipinski definition) is 1. The number of rotatable bonds is 5. The zero-order chi connectivity index (χ0) is 12.9. The van der Waals surface area contributed by atoms with E-state index in [1.54, 1.807) is 6.92 Å². The summed E-state index contributed by atoms with van der Waals surface area (Å²) in [7, 11) is 0. The summed E-state index contributed by atoms with van der Waals surface area (Å²) in [6.07, 6.45) is -0.519. The zero-order valence-electron chi connectivity index (χ0n) is 11.1. The third-order valence-corrected chi connectivity index (χ3v) is 2.25. The van der Waals surface area contributed by atoms with Gasteiger partial charge < -0.3 is 14.6 Å². The van der Waals surface area contributed by atoms with Gasteiger partial charge in [0.15, 0.2) is 0 Å². The topological polar surface area (TPSA) is 38.7 Å². The first-order valence-electron chi connectivity index (χ1n) is 5.94. The Morgan fingerprint density at radius 1 is 1.18 bits per heavy atom. The van der Waals surface area contributed by atoms with Gasteiger partial charge in [0.2, 0.25) is 0 Å². The monoisotopic (exact) mass is 238 g/mol. The van der Waals surface area contributed by atoms with Crippen LogP contribution in [-0.4, -0.2) is 23.9 Å². The van der Waals surface area contributed by atoms with E-state index in [9.17, 15) is 5.11 Å². The number of para-hydroxylation sites is 1. The van der Waals surface area contributed by atoms with Crippen LogP contribution in [0.15, 0.2) is 24.3 Å². The number of aliphatic hydroxyl groups is 1. The van der Waals surface area contributed by atoms with Gasteiger partial charge in [0, 0.05) is 5.56 Å². The van der Waals surface area contributed by atoms with E-state index in [0.717, 1.165) is 11.3 Å². The van der Waals surface area contributed by atoms with E-state index in [1.165, 1.54) is 0 Å². The van der Waals surface area contributed by atoms with Crippen molar-refractivity contribution in [1.82, 2.24) is 0 Å². The smallest absolute Gasteiger partial charge is 0.125 e. The van der Waals surface area contributed by atoms with E-state index in [-0.39, 0.29) is 5.60 Å². The van der Waals surface area contributed by atoms with Crippen molar-refractivity contribution in [2.24, 2.45) is 0 Å². The van der Waals surface area contributed by atoms with Gasteiger partial charge in [-0.25, -0.2) is 0 Å². The van der Waals surface area contributed by atoms with Crippen molar-refractivity contribution in [3.63, 3.8) is 0 Å². The summed E-state index contributed by atoms with van der Waals surface area (Å²) < 4.78 is 11.2. The van der Waals surface area contributed by atoms with Gasteiger partial charge in [0.1, 0.15) is 12.4 Å². The Balaban J connectivity index is 2.47. The van der Waals surface area contributed by atoms with E-state index in [0.29, 0.717) is 13.2 Å². The molecule has 0 radical (unpaired) electrons. The predicted octanol–water partition coefficient (Wildman–Crippen LogP) is 2.93. The summed E-state index contributed by atoms with van der Waals surface area (Å²) in [5, 5.41) is 9.58. The first-order chi connectivity index (χ1) is 7.90. The van der Waals surface area contributed by atoms with E-state index < -0.39 is 6.10 Å². The molecule has 0 aliphatic rings. The normalized spacial score (nSPS) is 13.5. The molecule has 1 aromatic carbocycles. The minimum absolute atomic E-state index is 0.146. The van der Waals surface area contributed by atoms with Crippen LogP contribution in [-0.2, 0) is 4.74 Å². The highest BCUT2D eigenvalue weighted by molar-refractivity contribution is 5.34. The average molecular weight is 238 g/mol. The van der Waals surface area contributed by atoms with Gasteiger partial charge in [-0.15, -0.1) is 0 Å². The highest BCUT2D eigenvalue weighted by Gasteiger charge is 2.11. The van der Waals surface area contributed by atoms with Crippen molar-refractivity contribution in [2.45, 2.75) is 39.4 Å². The average Bonchev–Trinajstić information content (AvgIpc) is 2.23. The summed E-state index contributed by atoms with van der Waals surface area (Å²) in [5.74, 6) is 0.722. The third kappa shape index (κ3) is 5.20. The molecule has 0 aliphatic heterocycles. The van der Waals surface area contributed by atoms with Crippen molar-refractivity contribution >= 4 is 0 Å². The summed E-state index contributed by atoms with van der Waals surface area (Å²) >= 11 is 0. The van der Waals surface area contributed by atoms with Crippen molar-refractivity contribution in [3.05, 3.63) is 29.8 Å². The first kappa shape index (κ1) is 14.0. The second-order valence-electron chi connectivity index (χ2n) is 5.02.